The van der Waals surface area contributed by atoms with Crippen LogP contribution in [0.4, 0.5) is 0 Å². The lowest BCUT2D eigenvalue weighted by atomic mass is 9.94. The van der Waals surface area contributed by atoms with Gasteiger partial charge in [0.15, 0.2) is 0 Å². The highest BCUT2D eigenvalue weighted by molar-refractivity contribution is 9.10. The van der Waals surface area contributed by atoms with Crippen LogP contribution in [0.25, 0.3) is 10.8 Å². The molecule has 1 aliphatic rings. The number of benzene rings is 2. The van der Waals surface area contributed by atoms with Crippen LogP contribution in [0.1, 0.15) is 33.6 Å². The number of hydrogen-bond donors (Lipinski definition) is 1. The summed E-state index contributed by atoms with van der Waals surface area (Å²) in [4.78, 5) is 36.8. The van der Waals surface area contributed by atoms with Crippen molar-refractivity contribution in [2.24, 2.45) is 0 Å². The molecule has 1 heterocycles. The predicted octanol–water partition coefficient (Wildman–Crippen LogP) is 3.06. The van der Waals surface area contributed by atoms with Gasteiger partial charge in [-0.2, -0.15) is 0 Å². The van der Waals surface area contributed by atoms with Gasteiger partial charge in [-0.3, -0.25) is 19.3 Å². The number of hydrogen-bond acceptors (Lipinski definition) is 3. The Balaban J connectivity index is 2.05. The SMILES string of the molecule is O=C(O)CCCN1C(=O)c2cccc3c(Br)ccc(c23)C1=O. The molecule has 2 amide bonds. The molecule has 0 bridgehead atoms. The quantitative estimate of drug-likeness (QED) is 0.849. The highest BCUT2D eigenvalue weighted by Crippen LogP contribution is 2.34. The predicted molar refractivity (Wildman–Crippen MR) is 83.9 cm³/mol. The van der Waals surface area contributed by atoms with E-state index < -0.39 is 5.97 Å². The monoisotopic (exact) mass is 361 g/mol. The lowest BCUT2D eigenvalue weighted by Gasteiger charge is -2.27. The van der Waals surface area contributed by atoms with E-state index in [9.17, 15) is 14.4 Å². The van der Waals surface area contributed by atoms with Crippen molar-refractivity contribution in [2.45, 2.75) is 12.8 Å². The van der Waals surface area contributed by atoms with Gasteiger partial charge in [0.1, 0.15) is 0 Å². The van der Waals surface area contributed by atoms with Gasteiger partial charge < -0.3 is 5.11 Å². The van der Waals surface area contributed by atoms with Crippen LogP contribution in [0.15, 0.2) is 34.8 Å². The van der Waals surface area contributed by atoms with E-state index in [0.29, 0.717) is 16.5 Å². The molecule has 2 aromatic carbocycles. The molecular weight excluding hydrogens is 350 g/mol. The van der Waals surface area contributed by atoms with Gasteiger partial charge in [-0.05, 0) is 30.0 Å². The Morgan fingerprint density at radius 1 is 1.09 bits per heavy atom. The molecule has 0 saturated carbocycles. The van der Waals surface area contributed by atoms with Crippen molar-refractivity contribution in [2.75, 3.05) is 6.54 Å². The minimum atomic E-state index is -0.941. The largest absolute Gasteiger partial charge is 0.481 e. The number of halogens is 1. The number of carboxylic acids is 1. The summed E-state index contributed by atoms with van der Waals surface area (Å²) < 4.78 is 0.827. The normalized spacial score (nSPS) is 13.8. The second-order valence-electron chi connectivity index (χ2n) is 5.08. The number of nitrogens with zero attached hydrogens (tertiary/aromatic N) is 1. The molecule has 0 spiro atoms. The van der Waals surface area contributed by atoms with Gasteiger partial charge in [-0.15, -0.1) is 0 Å². The molecule has 1 aliphatic heterocycles. The Bertz CT molecular complexity index is 793. The number of carboxylic acid groups (broad SMARTS) is 1. The zero-order valence-corrected chi connectivity index (χ0v) is 13.1. The summed E-state index contributed by atoms with van der Waals surface area (Å²) in [7, 11) is 0. The molecule has 1 N–H and O–H groups in total. The van der Waals surface area contributed by atoms with E-state index in [0.717, 1.165) is 14.8 Å². The summed E-state index contributed by atoms with van der Waals surface area (Å²) in [6.45, 7) is 0.107. The Hall–Kier alpha value is -2.21. The van der Waals surface area contributed by atoms with E-state index in [1.54, 1.807) is 24.3 Å². The summed E-state index contributed by atoms with van der Waals surface area (Å²) in [5.74, 6) is -1.68. The Labute approximate surface area is 134 Å². The third-order valence-electron chi connectivity index (χ3n) is 3.71. The number of imide groups is 1. The van der Waals surface area contributed by atoms with Crippen molar-refractivity contribution in [3.63, 3.8) is 0 Å². The van der Waals surface area contributed by atoms with Crippen LogP contribution in [0.5, 0.6) is 0 Å². The number of aliphatic carboxylic acids is 1. The lowest BCUT2D eigenvalue weighted by molar-refractivity contribution is -0.137. The highest BCUT2D eigenvalue weighted by atomic mass is 79.9. The molecule has 6 heteroatoms. The maximum atomic E-state index is 12.5. The topological polar surface area (TPSA) is 74.7 Å². The summed E-state index contributed by atoms with van der Waals surface area (Å²) >= 11 is 3.43. The first kappa shape index (κ1) is 14.7. The molecule has 5 nitrogen and oxygen atoms in total. The van der Waals surface area contributed by atoms with Crippen molar-refractivity contribution < 1.29 is 19.5 Å². The first-order valence-electron chi connectivity index (χ1n) is 6.80. The third kappa shape index (κ3) is 2.29. The molecule has 0 unspecified atom stereocenters. The maximum Gasteiger partial charge on any atom is 0.303 e. The van der Waals surface area contributed by atoms with E-state index >= 15 is 0 Å². The number of carbonyl (C=O) groups excluding carboxylic acids is 2. The van der Waals surface area contributed by atoms with Crippen molar-refractivity contribution in [1.29, 1.82) is 0 Å². The van der Waals surface area contributed by atoms with E-state index in [1.807, 2.05) is 6.07 Å². The van der Waals surface area contributed by atoms with Gasteiger partial charge in [-0.25, -0.2) is 0 Å². The molecule has 112 valence electrons. The molecule has 3 rings (SSSR count). The standard InChI is InChI=1S/C16H12BrNO4/c17-12-7-6-11-14-9(12)3-1-4-10(14)15(21)18(16(11)22)8-2-5-13(19)20/h1,3-4,6-7H,2,5,8H2,(H,19,20). The van der Waals surface area contributed by atoms with E-state index in [-0.39, 0.29) is 31.2 Å². The molecule has 2 aromatic rings. The van der Waals surface area contributed by atoms with Gasteiger partial charge in [0.2, 0.25) is 0 Å². The van der Waals surface area contributed by atoms with Gasteiger partial charge >= 0.3 is 5.97 Å². The summed E-state index contributed by atoms with van der Waals surface area (Å²) in [6.07, 6.45) is 0.170. The lowest BCUT2D eigenvalue weighted by Crippen LogP contribution is -2.41. The molecule has 0 fully saturated rings. The van der Waals surface area contributed by atoms with Crippen molar-refractivity contribution in [3.05, 3.63) is 45.9 Å². The Kier molecular flexibility index (Phi) is 3.70. The van der Waals surface area contributed by atoms with Gasteiger partial charge in [0.05, 0.1) is 0 Å². The molecule has 0 aromatic heterocycles. The molecular formula is C16H12BrNO4. The van der Waals surface area contributed by atoms with Crippen LogP contribution >= 0.6 is 15.9 Å². The minimum Gasteiger partial charge on any atom is -0.481 e. The van der Waals surface area contributed by atoms with Crippen molar-refractivity contribution in [3.8, 4) is 0 Å². The Morgan fingerprint density at radius 3 is 2.45 bits per heavy atom. The molecule has 0 radical (unpaired) electrons. The van der Waals surface area contributed by atoms with Crippen molar-refractivity contribution in [1.82, 2.24) is 4.90 Å². The summed E-state index contributed by atoms with van der Waals surface area (Å²) in [6, 6.07) is 8.79. The fraction of sp³-hybridized carbons (Fsp3) is 0.188. The second kappa shape index (κ2) is 5.53. The van der Waals surface area contributed by atoms with Crippen LogP contribution < -0.4 is 0 Å². The van der Waals surface area contributed by atoms with Gasteiger partial charge in [0, 0.05) is 34.0 Å². The van der Waals surface area contributed by atoms with E-state index in [1.165, 1.54) is 0 Å². The van der Waals surface area contributed by atoms with Crippen LogP contribution in [0, 0.1) is 0 Å². The molecule has 0 saturated heterocycles. The van der Waals surface area contributed by atoms with Crippen LogP contribution in [-0.4, -0.2) is 34.3 Å². The van der Waals surface area contributed by atoms with Crippen LogP contribution in [0.2, 0.25) is 0 Å². The number of carbonyl (C=O) groups is 3. The molecule has 0 aliphatic carbocycles. The zero-order valence-electron chi connectivity index (χ0n) is 11.5. The average Bonchev–Trinajstić information content (AvgIpc) is 2.49. The van der Waals surface area contributed by atoms with E-state index in [4.69, 9.17) is 5.11 Å². The number of rotatable bonds is 4. The average molecular weight is 362 g/mol. The summed E-state index contributed by atoms with van der Waals surface area (Å²) in [5.41, 5.74) is 0.951. The third-order valence-corrected chi connectivity index (χ3v) is 4.40. The van der Waals surface area contributed by atoms with Gasteiger partial charge in [-0.1, -0.05) is 28.1 Å². The smallest absolute Gasteiger partial charge is 0.303 e. The summed E-state index contributed by atoms with van der Waals surface area (Å²) in [5, 5.41) is 10.2. The van der Waals surface area contributed by atoms with Crippen molar-refractivity contribution >= 4 is 44.5 Å². The minimum absolute atomic E-state index is 0.0749. The first-order valence-corrected chi connectivity index (χ1v) is 7.59. The van der Waals surface area contributed by atoms with E-state index in [2.05, 4.69) is 15.9 Å². The second-order valence-corrected chi connectivity index (χ2v) is 5.94. The fourth-order valence-electron chi connectivity index (χ4n) is 2.70. The fourth-order valence-corrected chi connectivity index (χ4v) is 3.16. The zero-order chi connectivity index (χ0) is 15.9. The van der Waals surface area contributed by atoms with Gasteiger partial charge in [0.25, 0.3) is 11.8 Å². The molecule has 22 heavy (non-hydrogen) atoms. The maximum absolute atomic E-state index is 12.5. The van der Waals surface area contributed by atoms with Crippen LogP contribution in [0.3, 0.4) is 0 Å². The number of amides is 2. The highest BCUT2D eigenvalue weighted by Gasteiger charge is 2.32. The van der Waals surface area contributed by atoms with Crippen LogP contribution in [-0.2, 0) is 4.79 Å². The molecule has 0 atom stereocenters. The first-order chi connectivity index (χ1) is 10.5. The Morgan fingerprint density at radius 2 is 1.77 bits per heavy atom.